The molecule has 7 nitrogen and oxygen atoms in total. The Bertz CT molecular complexity index is 860. The Labute approximate surface area is 153 Å². The molecular weight excluding hydrogens is 330 g/mol. The Morgan fingerprint density at radius 2 is 1.73 bits per heavy atom. The van der Waals surface area contributed by atoms with Crippen molar-refractivity contribution in [2.45, 2.75) is 47.6 Å². The predicted octanol–water partition coefficient (Wildman–Crippen LogP) is 2.33. The molecule has 0 aliphatic carbocycles. The summed E-state index contributed by atoms with van der Waals surface area (Å²) in [7, 11) is 0. The molecule has 0 saturated carbocycles. The number of hydrogen-bond donors (Lipinski definition) is 1. The summed E-state index contributed by atoms with van der Waals surface area (Å²) >= 11 is 0. The molecule has 140 valence electrons. The minimum atomic E-state index is -0.333. The summed E-state index contributed by atoms with van der Waals surface area (Å²) in [5.74, 6) is 1.52. The molecule has 3 rings (SSSR count). The van der Waals surface area contributed by atoms with Gasteiger partial charge in [0.25, 0.3) is 17.4 Å². The van der Waals surface area contributed by atoms with E-state index in [1.54, 1.807) is 0 Å². The van der Waals surface area contributed by atoms with E-state index in [1.165, 1.54) is 10.7 Å². The number of hydrogen-bond acceptors (Lipinski definition) is 4. The molecule has 2 aromatic rings. The lowest BCUT2D eigenvalue weighted by atomic mass is 9.74. The van der Waals surface area contributed by atoms with Crippen LogP contribution in [0.2, 0.25) is 0 Å². The highest BCUT2D eigenvalue weighted by molar-refractivity contribution is 5.93. The Kier molecular flexibility index (Phi) is 4.73. The van der Waals surface area contributed by atoms with Crippen molar-refractivity contribution < 1.29 is 4.79 Å². The van der Waals surface area contributed by atoms with Gasteiger partial charge in [0.05, 0.1) is 0 Å². The summed E-state index contributed by atoms with van der Waals surface area (Å²) < 4.78 is 1.23. The molecule has 1 amide bonds. The molecule has 2 unspecified atom stereocenters. The molecule has 0 aromatic carbocycles. The predicted molar refractivity (Wildman–Crippen MR) is 99.4 cm³/mol. The van der Waals surface area contributed by atoms with E-state index in [0.29, 0.717) is 17.8 Å². The van der Waals surface area contributed by atoms with Crippen LogP contribution in [0.15, 0.2) is 16.9 Å². The summed E-state index contributed by atoms with van der Waals surface area (Å²) in [4.78, 5) is 35.8. The summed E-state index contributed by atoms with van der Waals surface area (Å²) in [6.07, 6.45) is 0. The maximum atomic E-state index is 12.9. The highest BCUT2D eigenvalue weighted by Gasteiger charge is 2.45. The van der Waals surface area contributed by atoms with Crippen LogP contribution in [-0.2, 0) is 0 Å². The van der Waals surface area contributed by atoms with Crippen LogP contribution in [0.3, 0.4) is 0 Å². The number of carbonyl (C=O) groups excluding carboxylic acids is 1. The van der Waals surface area contributed by atoms with Crippen molar-refractivity contribution in [1.29, 1.82) is 0 Å². The molecule has 2 aromatic heterocycles. The molecule has 1 aliphatic heterocycles. The van der Waals surface area contributed by atoms with Crippen LogP contribution >= 0.6 is 0 Å². The number of aryl methyl sites for hydroxylation is 2. The van der Waals surface area contributed by atoms with Crippen molar-refractivity contribution in [3.8, 4) is 5.95 Å². The summed E-state index contributed by atoms with van der Waals surface area (Å²) in [5, 5.41) is 2.89. The Balaban J connectivity index is 1.89. The molecule has 2 atom stereocenters. The summed E-state index contributed by atoms with van der Waals surface area (Å²) in [5.41, 5.74) is 1.49. The molecule has 3 heterocycles. The number of H-pyrrole nitrogens is 1. The zero-order valence-electron chi connectivity index (χ0n) is 16.3. The molecule has 1 fully saturated rings. The SMILES string of the molecule is Cc1cc(C)nc(-n2[nH]c(C(=O)N3CC(C(C)C)C3C(C)C)cc2=O)n1. The molecule has 1 N–H and O–H groups in total. The van der Waals surface area contributed by atoms with Gasteiger partial charge in [0, 0.05) is 30.0 Å². The summed E-state index contributed by atoms with van der Waals surface area (Å²) in [6, 6.07) is 3.37. The quantitative estimate of drug-likeness (QED) is 0.910. The van der Waals surface area contributed by atoms with E-state index in [2.05, 4.69) is 42.8 Å². The lowest BCUT2D eigenvalue weighted by molar-refractivity contribution is -0.0218. The van der Waals surface area contributed by atoms with Crippen LogP contribution in [0.25, 0.3) is 5.95 Å². The van der Waals surface area contributed by atoms with Crippen molar-refractivity contribution in [3.63, 3.8) is 0 Å². The average molecular weight is 357 g/mol. The van der Waals surface area contributed by atoms with Gasteiger partial charge in [-0.05, 0) is 37.7 Å². The lowest BCUT2D eigenvalue weighted by Crippen LogP contribution is -2.62. The molecule has 0 bridgehead atoms. The number of nitrogens with zero attached hydrogens (tertiary/aromatic N) is 4. The van der Waals surface area contributed by atoms with Crippen LogP contribution < -0.4 is 5.56 Å². The van der Waals surface area contributed by atoms with Crippen molar-refractivity contribution in [1.82, 2.24) is 24.6 Å². The minimum Gasteiger partial charge on any atom is -0.333 e. The van der Waals surface area contributed by atoms with Crippen LogP contribution in [0.1, 0.15) is 49.6 Å². The topological polar surface area (TPSA) is 83.9 Å². The molecule has 1 saturated heterocycles. The number of likely N-dealkylation sites (tertiary alicyclic amines) is 1. The number of carbonyl (C=O) groups is 1. The molecule has 1 aliphatic rings. The normalized spacial score (nSPS) is 19.9. The maximum absolute atomic E-state index is 12.9. The minimum absolute atomic E-state index is 0.138. The van der Waals surface area contributed by atoms with Gasteiger partial charge in [0.1, 0.15) is 5.69 Å². The van der Waals surface area contributed by atoms with E-state index in [1.807, 2.05) is 24.8 Å². The van der Waals surface area contributed by atoms with E-state index in [4.69, 9.17) is 0 Å². The number of nitrogens with one attached hydrogen (secondary N) is 1. The van der Waals surface area contributed by atoms with Crippen molar-refractivity contribution in [2.75, 3.05) is 6.54 Å². The van der Waals surface area contributed by atoms with Gasteiger partial charge in [-0.2, -0.15) is 4.68 Å². The van der Waals surface area contributed by atoms with Gasteiger partial charge in [0.2, 0.25) is 0 Å². The van der Waals surface area contributed by atoms with E-state index in [9.17, 15) is 9.59 Å². The van der Waals surface area contributed by atoms with Gasteiger partial charge in [-0.15, -0.1) is 0 Å². The van der Waals surface area contributed by atoms with Crippen LogP contribution in [0.4, 0.5) is 0 Å². The second-order valence-corrected chi connectivity index (χ2v) is 7.89. The number of aromatic amines is 1. The molecule has 26 heavy (non-hydrogen) atoms. The van der Waals surface area contributed by atoms with Crippen LogP contribution in [0, 0.1) is 31.6 Å². The van der Waals surface area contributed by atoms with E-state index in [-0.39, 0.29) is 29.2 Å². The fourth-order valence-electron chi connectivity index (χ4n) is 3.84. The Morgan fingerprint density at radius 1 is 1.12 bits per heavy atom. The monoisotopic (exact) mass is 357 g/mol. The standard InChI is InChI=1S/C19H27N5O2/c1-10(2)14-9-23(17(14)11(3)4)18(26)15-8-16(25)24(22-15)19-20-12(5)7-13(6)21-19/h7-8,10-11,14,17,22H,9H2,1-6H3. The number of amides is 1. The zero-order chi connectivity index (χ0) is 19.2. The van der Waals surface area contributed by atoms with Gasteiger partial charge in [0.15, 0.2) is 0 Å². The van der Waals surface area contributed by atoms with Crippen LogP contribution in [0.5, 0.6) is 0 Å². The second kappa shape index (κ2) is 6.70. The molecule has 0 radical (unpaired) electrons. The van der Waals surface area contributed by atoms with Crippen molar-refractivity contribution >= 4 is 5.91 Å². The first-order valence-corrected chi connectivity index (χ1v) is 9.14. The van der Waals surface area contributed by atoms with Crippen LogP contribution in [-0.4, -0.2) is 43.1 Å². The van der Waals surface area contributed by atoms with Gasteiger partial charge >= 0.3 is 0 Å². The number of aromatic nitrogens is 4. The molecular formula is C19H27N5O2. The largest absolute Gasteiger partial charge is 0.333 e. The average Bonchev–Trinajstić information content (AvgIpc) is 2.86. The highest BCUT2D eigenvalue weighted by Crippen LogP contribution is 2.36. The van der Waals surface area contributed by atoms with Crippen molar-refractivity contribution in [2.24, 2.45) is 17.8 Å². The zero-order valence-corrected chi connectivity index (χ0v) is 16.3. The Hall–Kier alpha value is -2.44. The summed E-state index contributed by atoms with van der Waals surface area (Å²) in [6.45, 7) is 13.1. The van der Waals surface area contributed by atoms with E-state index >= 15 is 0 Å². The number of rotatable bonds is 4. The maximum Gasteiger partial charge on any atom is 0.274 e. The Morgan fingerprint density at radius 3 is 2.27 bits per heavy atom. The second-order valence-electron chi connectivity index (χ2n) is 7.89. The molecule has 7 heteroatoms. The van der Waals surface area contributed by atoms with Gasteiger partial charge in [-0.25, -0.2) is 9.97 Å². The molecule has 0 spiro atoms. The first kappa shape index (κ1) is 18.4. The fraction of sp³-hybridized carbons (Fsp3) is 0.579. The van der Waals surface area contributed by atoms with Gasteiger partial charge in [-0.1, -0.05) is 27.7 Å². The van der Waals surface area contributed by atoms with Gasteiger partial charge in [-0.3, -0.25) is 14.7 Å². The third kappa shape index (κ3) is 3.18. The third-order valence-electron chi connectivity index (χ3n) is 5.13. The third-order valence-corrected chi connectivity index (χ3v) is 5.13. The van der Waals surface area contributed by atoms with E-state index < -0.39 is 0 Å². The van der Waals surface area contributed by atoms with Crippen molar-refractivity contribution in [3.05, 3.63) is 39.6 Å². The first-order chi connectivity index (χ1) is 12.2. The van der Waals surface area contributed by atoms with Gasteiger partial charge < -0.3 is 4.90 Å². The highest BCUT2D eigenvalue weighted by atomic mass is 16.2. The first-order valence-electron chi connectivity index (χ1n) is 9.14. The smallest absolute Gasteiger partial charge is 0.274 e. The fourth-order valence-corrected chi connectivity index (χ4v) is 3.84. The van der Waals surface area contributed by atoms with E-state index in [0.717, 1.165) is 17.9 Å². The lowest BCUT2D eigenvalue weighted by Gasteiger charge is -2.52.